The summed E-state index contributed by atoms with van der Waals surface area (Å²) >= 11 is 0. The maximum absolute atomic E-state index is 12.6. The van der Waals surface area contributed by atoms with Crippen LogP contribution in [0.1, 0.15) is 47.1 Å². The first-order chi connectivity index (χ1) is 10.2. The average Bonchev–Trinajstić information content (AvgIpc) is 2.35. The van der Waals surface area contributed by atoms with E-state index in [9.17, 15) is 13.2 Å². The lowest BCUT2D eigenvalue weighted by Crippen LogP contribution is -2.38. The summed E-state index contributed by atoms with van der Waals surface area (Å²) in [5.41, 5.74) is -0.311. The lowest BCUT2D eigenvalue weighted by atomic mass is 9.82. The van der Waals surface area contributed by atoms with Crippen molar-refractivity contribution in [1.82, 2.24) is 0 Å². The third-order valence-corrected chi connectivity index (χ3v) is 5.99. The number of rotatable bonds is 5. The zero-order chi connectivity index (χ0) is 18.1. The maximum Gasteiger partial charge on any atom is 0.309 e. The fraction of sp³-hybridized carbons (Fsp3) is 0.611. The molecule has 23 heavy (non-hydrogen) atoms. The summed E-state index contributed by atoms with van der Waals surface area (Å²) in [6, 6.07) is 6.77. The van der Waals surface area contributed by atoms with Crippen molar-refractivity contribution in [3.63, 3.8) is 0 Å². The standard InChI is InChI=1S/C18H28O4S/c1-13-8-10-15(11-9-13)23(20,21)12-18(6,7)14(2)16(19)22-17(3,4)5/h8-11,14H,12H2,1-7H3/t14-/m1/s1. The van der Waals surface area contributed by atoms with Gasteiger partial charge in [0.1, 0.15) is 5.60 Å². The van der Waals surface area contributed by atoms with Crippen molar-refractivity contribution in [2.45, 2.75) is 59.0 Å². The van der Waals surface area contributed by atoms with Crippen molar-refractivity contribution in [3.8, 4) is 0 Å². The lowest BCUT2D eigenvalue weighted by Gasteiger charge is -2.32. The van der Waals surface area contributed by atoms with Gasteiger partial charge in [-0.05, 0) is 45.2 Å². The molecule has 0 unspecified atom stereocenters. The van der Waals surface area contributed by atoms with Crippen LogP contribution in [0.2, 0.25) is 0 Å². The van der Waals surface area contributed by atoms with Crippen molar-refractivity contribution in [2.75, 3.05) is 5.75 Å². The third kappa shape index (κ3) is 5.65. The van der Waals surface area contributed by atoms with Crippen LogP contribution in [0.5, 0.6) is 0 Å². The number of hydrogen-bond donors (Lipinski definition) is 0. The van der Waals surface area contributed by atoms with Gasteiger partial charge in [-0.25, -0.2) is 8.42 Å². The van der Waals surface area contributed by atoms with Crippen LogP contribution in [0.15, 0.2) is 29.2 Å². The molecule has 0 aliphatic carbocycles. The highest BCUT2D eigenvalue weighted by atomic mass is 32.2. The van der Waals surface area contributed by atoms with Gasteiger partial charge in [-0.15, -0.1) is 0 Å². The molecule has 0 bridgehead atoms. The second kappa shape index (κ2) is 6.63. The minimum Gasteiger partial charge on any atom is -0.460 e. The van der Waals surface area contributed by atoms with Crippen LogP contribution in [0.25, 0.3) is 0 Å². The minimum absolute atomic E-state index is 0.108. The van der Waals surface area contributed by atoms with Crippen LogP contribution in [0.4, 0.5) is 0 Å². The van der Waals surface area contributed by atoms with Crippen LogP contribution >= 0.6 is 0 Å². The molecule has 0 saturated heterocycles. The van der Waals surface area contributed by atoms with E-state index in [2.05, 4.69) is 0 Å². The molecule has 0 heterocycles. The zero-order valence-corrected chi connectivity index (χ0v) is 16.0. The molecule has 0 fully saturated rings. The van der Waals surface area contributed by atoms with E-state index in [1.165, 1.54) is 0 Å². The average molecular weight is 340 g/mol. The highest BCUT2D eigenvalue weighted by Gasteiger charge is 2.38. The second-order valence-electron chi connectivity index (χ2n) is 7.82. The Kier molecular flexibility index (Phi) is 5.68. The van der Waals surface area contributed by atoms with E-state index in [-0.39, 0.29) is 16.6 Å². The molecule has 130 valence electrons. The van der Waals surface area contributed by atoms with Crippen LogP contribution < -0.4 is 0 Å². The number of carbonyl (C=O) groups is 1. The Bertz CT molecular complexity index is 649. The summed E-state index contributed by atoms with van der Waals surface area (Å²) < 4.78 is 30.6. The van der Waals surface area contributed by atoms with E-state index in [4.69, 9.17) is 4.74 Å². The molecule has 0 aliphatic rings. The highest BCUT2D eigenvalue weighted by molar-refractivity contribution is 7.91. The SMILES string of the molecule is Cc1ccc(S(=O)(=O)CC(C)(C)[C@H](C)C(=O)OC(C)(C)C)cc1. The van der Waals surface area contributed by atoms with Gasteiger partial charge in [0.25, 0.3) is 0 Å². The number of sulfone groups is 1. The molecule has 0 aromatic heterocycles. The van der Waals surface area contributed by atoms with Gasteiger partial charge in [0.05, 0.1) is 16.6 Å². The number of ether oxygens (including phenoxy) is 1. The monoisotopic (exact) mass is 340 g/mol. The Balaban J connectivity index is 2.96. The first-order valence-electron chi connectivity index (χ1n) is 7.77. The molecule has 5 heteroatoms. The summed E-state index contributed by atoms with van der Waals surface area (Å²) in [6.07, 6.45) is 0. The smallest absolute Gasteiger partial charge is 0.309 e. The molecule has 1 rings (SSSR count). The largest absolute Gasteiger partial charge is 0.460 e. The predicted molar refractivity (Wildman–Crippen MR) is 92.0 cm³/mol. The molecule has 0 spiro atoms. The number of hydrogen-bond acceptors (Lipinski definition) is 4. The summed E-state index contributed by atoms with van der Waals surface area (Å²) in [4.78, 5) is 12.5. The molecule has 0 N–H and O–H groups in total. The van der Waals surface area contributed by atoms with E-state index in [1.807, 2.05) is 6.92 Å². The van der Waals surface area contributed by atoms with Gasteiger partial charge in [0.2, 0.25) is 0 Å². The van der Waals surface area contributed by atoms with Gasteiger partial charge in [-0.2, -0.15) is 0 Å². The Hall–Kier alpha value is -1.36. The number of aryl methyl sites for hydroxylation is 1. The van der Waals surface area contributed by atoms with Crippen molar-refractivity contribution < 1.29 is 17.9 Å². The van der Waals surface area contributed by atoms with Crippen molar-refractivity contribution >= 4 is 15.8 Å². The molecule has 4 nitrogen and oxygen atoms in total. The summed E-state index contributed by atoms with van der Waals surface area (Å²) in [7, 11) is -3.46. The molecule has 1 aromatic rings. The maximum atomic E-state index is 12.6. The summed E-state index contributed by atoms with van der Waals surface area (Å²) in [5.74, 6) is -1.01. The number of benzene rings is 1. The Morgan fingerprint density at radius 2 is 1.57 bits per heavy atom. The minimum atomic E-state index is -3.46. The van der Waals surface area contributed by atoms with E-state index < -0.39 is 26.8 Å². The van der Waals surface area contributed by atoms with E-state index in [0.29, 0.717) is 0 Å². The van der Waals surface area contributed by atoms with Crippen LogP contribution in [0, 0.1) is 18.3 Å². The van der Waals surface area contributed by atoms with Crippen LogP contribution in [-0.2, 0) is 19.4 Å². The molecular formula is C18H28O4S. The van der Waals surface area contributed by atoms with Gasteiger partial charge < -0.3 is 4.74 Å². The Morgan fingerprint density at radius 3 is 2.00 bits per heavy atom. The molecular weight excluding hydrogens is 312 g/mol. The van der Waals surface area contributed by atoms with E-state index in [0.717, 1.165) is 5.56 Å². The normalized spacial score (nSPS) is 14.4. The highest BCUT2D eigenvalue weighted by Crippen LogP contribution is 2.32. The first kappa shape index (κ1) is 19.7. The molecule has 0 radical (unpaired) electrons. The fourth-order valence-electron chi connectivity index (χ4n) is 2.15. The van der Waals surface area contributed by atoms with Crippen LogP contribution in [0.3, 0.4) is 0 Å². The van der Waals surface area contributed by atoms with Crippen LogP contribution in [-0.4, -0.2) is 25.7 Å². The number of esters is 1. The van der Waals surface area contributed by atoms with Crippen molar-refractivity contribution in [2.24, 2.45) is 11.3 Å². The lowest BCUT2D eigenvalue weighted by molar-refractivity contribution is -0.162. The molecule has 0 amide bonds. The van der Waals surface area contributed by atoms with Gasteiger partial charge in [-0.1, -0.05) is 38.5 Å². The Labute approximate surface area is 140 Å². The van der Waals surface area contributed by atoms with Gasteiger partial charge in [0, 0.05) is 0 Å². The molecule has 1 aromatic carbocycles. The molecule has 1 atom stereocenters. The predicted octanol–water partition coefficient (Wildman–Crippen LogP) is 3.77. The van der Waals surface area contributed by atoms with E-state index >= 15 is 0 Å². The van der Waals surface area contributed by atoms with Gasteiger partial charge in [0.15, 0.2) is 9.84 Å². The first-order valence-corrected chi connectivity index (χ1v) is 9.42. The zero-order valence-electron chi connectivity index (χ0n) is 15.1. The topological polar surface area (TPSA) is 60.4 Å². The number of carbonyl (C=O) groups excluding carboxylic acids is 1. The van der Waals surface area contributed by atoms with Gasteiger partial charge >= 0.3 is 5.97 Å². The summed E-state index contributed by atoms with van der Waals surface area (Å²) in [6.45, 7) is 12.6. The third-order valence-electron chi connectivity index (χ3n) is 3.87. The van der Waals surface area contributed by atoms with E-state index in [1.54, 1.807) is 65.8 Å². The Morgan fingerprint density at radius 1 is 1.09 bits per heavy atom. The fourth-order valence-corrected chi connectivity index (χ4v) is 4.10. The molecule has 0 saturated carbocycles. The molecule has 0 aliphatic heterocycles. The van der Waals surface area contributed by atoms with Crippen molar-refractivity contribution in [1.29, 1.82) is 0 Å². The summed E-state index contributed by atoms with van der Waals surface area (Å²) in [5, 5.41) is 0. The van der Waals surface area contributed by atoms with Crippen molar-refractivity contribution in [3.05, 3.63) is 29.8 Å². The second-order valence-corrected chi connectivity index (χ2v) is 9.81. The van der Waals surface area contributed by atoms with Gasteiger partial charge in [-0.3, -0.25) is 4.79 Å². The quantitative estimate of drug-likeness (QED) is 0.766.